The van der Waals surface area contributed by atoms with Crippen LogP contribution < -0.4 is 26.2 Å². The Morgan fingerprint density at radius 1 is 1.54 bits per heavy atom. The molecule has 0 radical (unpaired) electrons. The maximum atomic E-state index is 12.9. The third kappa shape index (κ3) is 5.95. The molecule has 1 atom stereocenters. The zero-order chi connectivity index (χ0) is 19.2. The van der Waals surface area contributed by atoms with Crippen molar-refractivity contribution >= 4 is 5.82 Å². The Hall–Kier alpha value is -2.76. The largest absolute Gasteiger partial charge is 0.481 e. The highest BCUT2D eigenvalue weighted by molar-refractivity contribution is 5.42. The SMILES string of the molecule is COc1cc(C(F)(F)F)cc(NN/C(=C\[N+](=O)[O-])NCC2CCCN2)n1. The number of alkyl halides is 3. The molecule has 1 aromatic heterocycles. The Morgan fingerprint density at radius 3 is 2.88 bits per heavy atom. The molecule has 1 saturated heterocycles. The molecule has 0 spiro atoms. The summed E-state index contributed by atoms with van der Waals surface area (Å²) in [6.07, 6.45) is -1.97. The number of aromatic nitrogens is 1. The van der Waals surface area contributed by atoms with E-state index in [1.165, 1.54) is 7.11 Å². The smallest absolute Gasteiger partial charge is 0.416 e. The summed E-state index contributed by atoms with van der Waals surface area (Å²) < 4.78 is 43.4. The number of nitro groups is 1. The molecule has 4 N–H and O–H groups in total. The van der Waals surface area contributed by atoms with Gasteiger partial charge in [0.1, 0.15) is 5.82 Å². The monoisotopic (exact) mass is 376 g/mol. The van der Waals surface area contributed by atoms with Crippen LogP contribution in [0.15, 0.2) is 24.2 Å². The maximum Gasteiger partial charge on any atom is 0.416 e. The average molecular weight is 376 g/mol. The van der Waals surface area contributed by atoms with Gasteiger partial charge in [-0.1, -0.05) is 0 Å². The number of halogens is 3. The van der Waals surface area contributed by atoms with E-state index in [0.29, 0.717) is 12.7 Å². The molecule has 1 aliphatic rings. The lowest BCUT2D eigenvalue weighted by molar-refractivity contribution is -0.404. The summed E-state index contributed by atoms with van der Waals surface area (Å²) in [5.74, 6) is -0.458. The number of hydrazine groups is 1. The first-order chi connectivity index (χ1) is 12.3. The zero-order valence-corrected chi connectivity index (χ0v) is 13.9. The number of rotatable bonds is 8. The van der Waals surface area contributed by atoms with E-state index in [0.717, 1.165) is 31.5 Å². The number of anilines is 1. The van der Waals surface area contributed by atoms with Gasteiger partial charge in [0.15, 0.2) is 5.82 Å². The summed E-state index contributed by atoms with van der Waals surface area (Å²) in [6, 6.07) is 1.68. The van der Waals surface area contributed by atoms with Gasteiger partial charge in [-0.25, -0.2) is 0 Å². The molecule has 1 unspecified atom stereocenters. The van der Waals surface area contributed by atoms with Crippen molar-refractivity contribution in [2.75, 3.05) is 25.6 Å². The highest BCUT2D eigenvalue weighted by atomic mass is 19.4. The van der Waals surface area contributed by atoms with Gasteiger partial charge < -0.3 is 15.4 Å². The van der Waals surface area contributed by atoms with E-state index in [2.05, 4.69) is 26.5 Å². The Balaban J connectivity index is 2.05. The molecule has 0 aromatic carbocycles. The maximum absolute atomic E-state index is 12.9. The molecule has 0 amide bonds. The lowest BCUT2D eigenvalue weighted by Crippen LogP contribution is -2.39. The molecule has 0 aliphatic carbocycles. The van der Waals surface area contributed by atoms with Gasteiger partial charge in [0, 0.05) is 18.7 Å². The van der Waals surface area contributed by atoms with Crippen LogP contribution in [0.2, 0.25) is 0 Å². The molecule has 26 heavy (non-hydrogen) atoms. The number of ether oxygens (including phenoxy) is 1. The van der Waals surface area contributed by atoms with Gasteiger partial charge in [0.2, 0.25) is 5.88 Å². The molecule has 12 heteroatoms. The number of nitrogens with zero attached hydrogens (tertiary/aromatic N) is 2. The van der Waals surface area contributed by atoms with E-state index >= 15 is 0 Å². The molecule has 1 fully saturated rings. The highest BCUT2D eigenvalue weighted by Gasteiger charge is 2.32. The lowest BCUT2D eigenvalue weighted by atomic mass is 10.2. The predicted molar refractivity (Wildman–Crippen MR) is 86.7 cm³/mol. The third-order valence-corrected chi connectivity index (χ3v) is 3.60. The van der Waals surface area contributed by atoms with Gasteiger partial charge >= 0.3 is 6.18 Å². The number of hydrogen-bond donors (Lipinski definition) is 4. The molecule has 2 heterocycles. The van der Waals surface area contributed by atoms with Gasteiger partial charge in [-0.05, 0) is 25.5 Å². The zero-order valence-electron chi connectivity index (χ0n) is 13.9. The molecule has 144 valence electrons. The fourth-order valence-corrected chi connectivity index (χ4v) is 2.36. The summed E-state index contributed by atoms with van der Waals surface area (Å²) in [5, 5.41) is 16.8. The molecule has 2 rings (SSSR count). The normalized spacial score (nSPS) is 17.7. The van der Waals surface area contributed by atoms with E-state index < -0.39 is 16.7 Å². The molecule has 9 nitrogen and oxygen atoms in total. The number of pyridine rings is 1. The van der Waals surface area contributed by atoms with Crippen molar-refractivity contribution in [2.45, 2.75) is 25.1 Å². The first kappa shape index (κ1) is 19.6. The van der Waals surface area contributed by atoms with Crippen LogP contribution in [0.5, 0.6) is 5.88 Å². The predicted octanol–water partition coefficient (Wildman–Crippen LogP) is 1.44. The fourth-order valence-electron chi connectivity index (χ4n) is 2.36. The van der Waals surface area contributed by atoms with Crippen LogP contribution in [0.1, 0.15) is 18.4 Å². The Kier molecular flexibility index (Phi) is 6.44. The van der Waals surface area contributed by atoms with Gasteiger partial charge in [0.25, 0.3) is 6.20 Å². The molecule has 1 aliphatic heterocycles. The molecular formula is C14H19F3N6O3. The summed E-state index contributed by atoms with van der Waals surface area (Å²) in [7, 11) is 1.19. The van der Waals surface area contributed by atoms with Crippen LogP contribution >= 0.6 is 0 Å². The van der Waals surface area contributed by atoms with Crippen molar-refractivity contribution < 1.29 is 22.8 Å². The van der Waals surface area contributed by atoms with Crippen LogP contribution in [0.25, 0.3) is 0 Å². The van der Waals surface area contributed by atoms with Gasteiger partial charge in [-0.3, -0.25) is 21.0 Å². The average Bonchev–Trinajstić information content (AvgIpc) is 3.09. The van der Waals surface area contributed by atoms with E-state index in [1.54, 1.807) is 0 Å². The second kappa shape index (κ2) is 8.56. The summed E-state index contributed by atoms with van der Waals surface area (Å²) in [5.41, 5.74) is 3.92. The van der Waals surface area contributed by atoms with Crippen molar-refractivity contribution in [1.82, 2.24) is 21.0 Å². The molecular weight excluding hydrogens is 357 g/mol. The summed E-state index contributed by atoms with van der Waals surface area (Å²) in [4.78, 5) is 13.9. The summed E-state index contributed by atoms with van der Waals surface area (Å²) in [6.45, 7) is 1.30. The van der Waals surface area contributed by atoms with Crippen LogP contribution in [-0.2, 0) is 6.18 Å². The lowest BCUT2D eigenvalue weighted by Gasteiger charge is -2.17. The number of hydrogen-bond acceptors (Lipinski definition) is 8. The first-order valence-electron chi connectivity index (χ1n) is 7.76. The fraction of sp³-hybridized carbons (Fsp3) is 0.500. The Morgan fingerprint density at radius 2 is 2.31 bits per heavy atom. The van der Waals surface area contributed by atoms with E-state index in [9.17, 15) is 23.3 Å². The van der Waals surface area contributed by atoms with Crippen molar-refractivity contribution in [3.63, 3.8) is 0 Å². The minimum Gasteiger partial charge on any atom is -0.481 e. The minimum atomic E-state index is -4.58. The second-order valence-electron chi connectivity index (χ2n) is 5.53. The van der Waals surface area contributed by atoms with Crippen molar-refractivity contribution in [3.8, 4) is 5.88 Å². The summed E-state index contributed by atoms with van der Waals surface area (Å²) >= 11 is 0. The molecule has 0 bridgehead atoms. The highest BCUT2D eigenvalue weighted by Crippen LogP contribution is 2.32. The van der Waals surface area contributed by atoms with Crippen molar-refractivity contribution in [1.29, 1.82) is 0 Å². The Labute approximate surface area is 147 Å². The quantitative estimate of drug-likeness (QED) is 0.398. The first-order valence-corrected chi connectivity index (χ1v) is 7.76. The van der Waals surface area contributed by atoms with Gasteiger partial charge in [0.05, 0.1) is 17.6 Å². The van der Waals surface area contributed by atoms with E-state index in [-0.39, 0.29) is 23.6 Å². The second-order valence-corrected chi connectivity index (χ2v) is 5.53. The van der Waals surface area contributed by atoms with Crippen molar-refractivity contribution in [2.24, 2.45) is 0 Å². The van der Waals surface area contributed by atoms with E-state index in [4.69, 9.17) is 4.74 Å². The van der Waals surface area contributed by atoms with Crippen LogP contribution in [-0.4, -0.2) is 36.1 Å². The van der Waals surface area contributed by atoms with Crippen LogP contribution in [0.4, 0.5) is 19.0 Å². The molecule has 1 aromatic rings. The van der Waals surface area contributed by atoms with Crippen molar-refractivity contribution in [3.05, 3.63) is 39.8 Å². The standard InChI is InChI=1S/C14H19F3N6O3/c1-26-13-6-9(14(15,16)17)5-11(20-13)21-22-12(8-23(24)25)19-7-10-3-2-4-18-10/h5-6,8,10,18-19,22H,2-4,7H2,1H3,(H,20,21)/b12-8-. The topological polar surface area (TPSA) is 113 Å². The van der Waals surface area contributed by atoms with Gasteiger partial charge in [-0.2, -0.15) is 18.2 Å². The number of nitrogens with one attached hydrogen (secondary N) is 4. The van der Waals surface area contributed by atoms with Crippen LogP contribution in [0, 0.1) is 10.1 Å². The number of methoxy groups -OCH3 is 1. The van der Waals surface area contributed by atoms with Gasteiger partial charge in [-0.15, -0.1) is 0 Å². The van der Waals surface area contributed by atoms with Crippen LogP contribution in [0.3, 0.4) is 0 Å². The Bertz CT molecular complexity index is 662. The minimum absolute atomic E-state index is 0.0121. The molecule has 0 saturated carbocycles. The van der Waals surface area contributed by atoms with E-state index in [1.807, 2.05) is 0 Å². The third-order valence-electron chi connectivity index (χ3n) is 3.60.